The summed E-state index contributed by atoms with van der Waals surface area (Å²) >= 11 is 0. The Labute approximate surface area is 124 Å². The van der Waals surface area contributed by atoms with E-state index in [4.69, 9.17) is 9.31 Å². The second-order valence-electron chi connectivity index (χ2n) is 6.46. The quantitative estimate of drug-likeness (QED) is 0.814. The molecule has 0 saturated carbocycles. The van der Waals surface area contributed by atoms with Crippen LogP contribution in [0.5, 0.6) is 0 Å². The summed E-state index contributed by atoms with van der Waals surface area (Å²) in [4.78, 5) is 0. The van der Waals surface area contributed by atoms with Gasteiger partial charge in [-0.15, -0.1) is 0 Å². The molecule has 0 aliphatic carbocycles. The predicted octanol–water partition coefficient (Wildman–Crippen LogP) is 2.31. The zero-order chi connectivity index (χ0) is 15.3. The Hall–Kier alpha value is -1.40. The topological polar surface area (TPSA) is 36.3 Å². The summed E-state index contributed by atoms with van der Waals surface area (Å²) in [5, 5.41) is 5.19. The van der Waals surface area contributed by atoms with E-state index in [0.717, 1.165) is 16.4 Å². The van der Waals surface area contributed by atoms with Gasteiger partial charge in [-0.3, -0.25) is 4.68 Å². The van der Waals surface area contributed by atoms with Crippen LogP contribution in [-0.4, -0.2) is 34.8 Å². The smallest absolute Gasteiger partial charge is 0.399 e. The fourth-order valence-electron chi connectivity index (χ4n) is 2.47. The highest BCUT2D eigenvalue weighted by molar-refractivity contribution is 6.62. The number of hydrogen-bond acceptors (Lipinski definition) is 3. The van der Waals surface area contributed by atoms with Crippen molar-refractivity contribution in [1.82, 2.24) is 9.78 Å². The van der Waals surface area contributed by atoms with Crippen molar-refractivity contribution in [2.45, 2.75) is 45.4 Å². The SMILES string of the molecule is CC1(C)OB(c2ccc3cnn(CCF)c3c2)OC1(C)C. The molecule has 112 valence electrons. The maximum Gasteiger partial charge on any atom is 0.494 e. The summed E-state index contributed by atoms with van der Waals surface area (Å²) in [7, 11) is -0.409. The average Bonchev–Trinajstić information content (AvgIpc) is 2.89. The number of rotatable bonds is 3. The van der Waals surface area contributed by atoms with Crippen LogP contribution in [0.25, 0.3) is 10.9 Å². The molecule has 2 aromatic rings. The van der Waals surface area contributed by atoms with Crippen molar-refractivity contribution in [3.05, 3.63) is 24.4 Å². The van der Waals surface area contributed by atoms with E-state index in [1.165, 1.54) is 0 Å². The van der Waals surface area contributed by atoms with Crippen molar-refractivity contribution < 1.29 is 13.7 Å². The molecule has 0 N–H and O–H groups in total. The van der Waals surface area contributed by atoms with Gasteiger partial charge < -0.3 is 9.31 Å². The fourth-order valence-corrected chi connectivity index (χ4v) is 2.47. The van der Waals surface area contributed by atoms with E-state index in [1.807, 2.05) is 45.9 Å². The van der Waals surface area contributed by atoms with E-state index in [0.29, 0.717) is 0 Å². The van der Waals surface area contributed by atoms with Crippen LogP contribution in [0.4, 0.5) is 4.39 Å². The average molecular weight is 290 g/mol. The van der Waals surface area contributed by atoms with Crippen LogP contribution in [0.15, 0.2) is 24.4 Å². The lowest BCUT2D eigenvalue weighted by atomic mass is 9.79. The Morgan fingerprint density at radius 3 is 2.48 bits per heavy atom. The first kappa shape index (κ1) is 14.5. The number of alkyl halides is 1. The highest BCUT2D eigenvalue weighted by Crippen LogP contribution is 2.36. The molecule has 0 amide bonds. The number of hydrogen-bond donors (Lipinski definition) is 0. The van der Waals surface area contributed by atoms with Crippen LogP contribution < -0.4 is 5.46 Å². The van der Waals surface area contributed by atoms with Crippen molar-refractivity contribution in [2.75, 3.05) is 6.67 Å². The molecule has 4 nitrogen and oxygen atoms in total. The van der Waals surface area contributed by atoms with Crippen LogP contribution in [0.3, 0.4) is 0 Å². The van der Waals surface area contributed by atoms with Gasteiger partial charge in [0, 0.05) is 5.39 Å². The van der Waals surface area contributed by atoms with E-state index in [-0.39, 0.29) is 17.7 Å². The Bertz CT molecular complexity index is 653. The van der Waals surface area contributed by atoms with Gasteiger partial charge in [-0.05, 0) is 39.2 Å². The first-order valence-electron chi connectivity index (χ1n) is 7.21. The molecule has 0 spiro atoms. The number of benzene rings is 1. The van der Waals surface area contributed by atoms with Gasteiger partial charge >= 0.3 is 7.12 Å². The molecule has 1 aliphatic heterocycles. The van der Waals surface area contributed by atoms with E-state index in [1.54, 1.807) is 10.9 Å². The van der Waals surface area contributed by atoms with Crippen LogP contribution >= 0.6 is 0 Å². The highest BCUT2D eigenvalue weighted by atomic mass is 19.1. The summed E-state index contributed by atoms with van der Waals surface area (Å²) in [5.74, 6) is 0. The lowest BCUT2D eigenvalue weighted by molar-refractivity contribution is 0.00578. The number of aromatic nitrogens is 2. The summed E-state index contributed by atoms with van der Waals surface area (Å²) in [5.41, 5.74) is 1.10. The Morgan fingerprint density at radius 2 is 1.86 bits per heavy atom. The van der Waals surface area contributed by atoms with E-state index < -0.39 is 13.8 Å². The minimum atomic E-state index is -0.433. The third-order valence-corrected chi connectivity index (χ3v) is 4.49. The van der Waals surface area contributed by atoms with Gasteiger partial charge in [-0.1, -0.05) is 12.1 Å². The van der Waals surface area contributed by atoms with Crippen LogP contribution in [0.2, 0.25) is 0 Å². The monoisotopic (exact) mass is 290 g/mol. The third-order valence-electron chi connectivity index (χ3n) is 4.49. The van der Waals surface area contributed by atoms with Gasteiger partial charge in [0.25, 0.3) is 0 Å². The number of aryl methyl sites for hydroxylation is 1. The zero-order valence-electron chi connectivity index (χ0n) is 12.9. The third kappa shape index (κ3) is 2.36. The molecule has 3 rings (SSSR count). The van der Waals surface area contributed by atoms with Gasteiger partial charge in [0.2, 0.25) is 0 Å². The number of halogens is 1. The van der Waals surface area contributed by atoms with Crippen molar-refractivity contribution in [3.8, 4) is 0 Å². The lowest BCUT2D eigenvalue weighted by Gasteiger charge is -2.32. The second kappa shape index (κ2) is 4.82. The molecule has 1 aromatic heterocycles. The lowest BCUT2D eigenvalue weighted by Crippen LogP contribution is -2.41. The van der Waals surface area contributed by atoms with E-state index in [2.05, 4.69) is 5.10 Å². The molecule has 0 bridgehead atoms. The second-order valence-corrected chi connectivity index (χ2v) is 6.46. The largest absolute Gasteiger partial charge is 0.494 e. The van der Waals surface area contributed by atoms with Crippen molar-refractivity contribution in [1.29, 1.82) is 0 Å². The maximum absolute atomic E-state index is 12.6. The zero-order valence-corrected chi connectivity index (χ0v) is 12.9. The summed E-state index contributed by atoms with van der Waals surface area (Å²) in [6.45, 7) is 7.93. The normalized spacial score (nSPS) is 20.3. The Balaban J connectivity index is 1.97. The van der Waals surface area contributed by atoms with E-state index >= 15 is 0 Å². The van der Waals surface area contributed by atoms with Crippen LogP contribution in [0.1, 0.15) is 27.7 Å². The molecular formula is C15H20BFN2O2. The molecule has 0 atom stereocenters. The van der Waals surface area contributed by atoms with Crippen molar-refractivity contribution in [2.24, 2.45) is 0 Å². The Kier molecular flexibility index (Phi) is 3.33. The summed E-state index contributed by atoms with van der Waals surface area (Å²) in [6, 6.07) is 5.92. The van der Waals surface area contributed by atoms with Gasteiger partial charge in [-0.2, -0.15) is 5.10 Å². The van der Waals surface area contributed by atoms with Gasteiger partial charge in [0.05, 0.1) is 29.5 Å². The van der Waals surface area contributed by atoms with Crippen molar-refractivity contribution >= 4 is 23.5 Å². The first-order valence-corrected chi connectivity index (χ1v) is 7.21. The summed E-state index contributed by atoms with van der Waals surface area (Å²) in [6.07, 6.45) is 1.75. The molecule has 1 aliphatic rings. The first-order chi connectivity index (χ1) is 9.84. The van der Waals surface area contributed by atoms with Gasteiger partial charge in [0.15, 0.2) is 0 Å². The molecule has 1 aromatic carbocycles. The number of fused-ring (bicyclic) bond motifs is 1. The predicted molar refractivity (Wildman–Crippen MR) is 81.4 cm³/mol. The molecule has 1 fully saturated rings. The van der Waals surface area contributed by atoms with Crippen LogP contribution in [0, 0.1) is 0 Å². The Morgan fingerprint density at radius 1 is 1.19 bits per heavy atom. The standard InChI is InChI=1S/C15H20BFN2O2/c1-14(2)15(3,4)21-16(20-14)12-6-5-11-10-18-19(8-7-17)13(11)9-12/h5-6,9-10H,7-8H2,1-4H3. The van der Waals surface area contributed by atoms with Crippen molar-refractivity contribution in [3.63, 3.8) is 0 Å². The molecule has 1 saturated heterocycles. The molecule has 2 heterocycles. The summed E-state index contributed by atoms with van der Waals surface area (Å²) < 4.78 is 26.3. The molecule has 0 radical (unpaired) electrons. The van der Waals surface area contributed by atoms with E-state index in [9.17, 15) is 4.39 Å². The minimum absolute atomic E-state index is 0.260. The van der Waals surface area contributed by atoms with Crippen LogP contribution in [-0.2, 0) is 15.9 Å². The molecule has 0 unspecified atom stereocenters. The van der Waals surface area contributed by atoms with Gasteiger partial charge in [-0.25, -0.2) is 4.39 Å². The molecular weight excluding hydrogens is 270 g/mol. The maximum atomic E-state index is 12.6. The highest BCUT2D eigenvalue weighted by Gasteiger charge is 2.51. The minimum Gasteiger partial charge on any atom is -0.399 e. The number of nitrogens with zero attached hydrogens (tertiary/aromatic N) is 2. The molecule has 6 heteroatoms. The van der Waals surface area contributed by atoms with Gasteiger partial charge in [0.1, 0.15) is 6.67 Å². The molecule has 21 heavy (non-hydrogen) atoms. The fraction of sp³-hybridized carbons (Fsp3) is 0.533.